The van der Waals surface area contributed by atoms with Crippen LogP contribution in [-0.4, -0.2) is 25.2 Å². The second kappa shape index (κ2) is 4.80. The van der Waals surface area contributed by atoms with E-state index in [1.165, 1.54) is 6.33 Å². The fourth-order valence-corrected chi connectivity index (χ4v) is 1.30. The summed E-state index contributed by atoms with van der Waals surface area (Å²) in [5.41, 5.74) is 0.643. The molecule has 0 bridgehead atoms. The Labute approximate surface area is 92.4 Å². The van der Waals surface area contributed by atoms with E-state index in [4.69, 9.17) is 4.52 Å². The van der Waals surface area contributed by atoms with E-state index in [2.05, 4.69) is 20.1 Å². The Hall–Kier alpha value is -1.82. The Balaban J connectivity index is 2.20. The van der Waals surface area contributed by atoms with E-state index < -0.39 is 6.10 Å². The number of hydrogen-bond donors (Lipinski definition) is 1. The van der Waals surface area contributed by atoms with Crippen LogP contribution in [0.15, 0.2) is 23.2 Å². The van der Waals surface area contributed by atoms with E-state index in [0.717, 1.165) is 6.42 Å². The Morgan fingerprint density at radius 2 is 2.12 bits per heavy atom. The average Bonchev–Trinajstić information content (AvgIpc) is 2.80. The van der Waals surface area contributed by atoms with Crippen LogP contribution < -0.4 is 0 Å². The van der Waals surface area contributed by atoms with Crippen LogP contribution in [0, 0.1) is 0 Å². The summed E-state index contributed by atoms with van der Waals surface area (Å²) in [6, 6.07) is 0. The topological polar surface area (TPSA) is 84.9 Å². The first-order chi connectivity index (χ1) is 7.81. The van der Waals surface area contributed by atoms with E-state index in [0.29, 0.717) is 23.7 Å². The summed E-state index contributed by atoms with van der Waals surface area (Å²) in [5, 5.41) is 13.4. The zero-order valence-corrected chi connectivity index (χ0v) is 8.87. The fraction of sp³-hybridized carbons (Fsp3) is 0.400. The van der Waals surface area contributed by atoms with Crippen LogP contribution in [-0.2, 0) is 0 Å². The molecule has 0 aromatic carbocycles. The molecular formula is C10H12N4O2. The first-order valence-electron chi connectivity index (χ1n) is 5.08. The third-order valence-electron chi connectivity index (χ3n) is 2.11. The second-order valence-corrected chi connectivity index (χ2v) is 3.39. The summed E-state index contributed by atoms with van der Waals surface area (Å²) in [5.74, 6) is 0.631. The van der Waals surface area contributed by atoms with Gasteiger partial charge < -0.3 is 9.63 Å². The van der Waals surface area contributed by atoms with Gasteiger partial charge in [0.2, 0.25) is 5.82 Å². The molecule has 0 aliphatic heterocycles. The molecule has 6 heteroatoms. The molecule has 1 atom stereocenters. The predicted molar refractivity (Wildman–Crippen MR) is 55.2 cm³/mol. The standard InChI is InChI=1S/C10H12N4O2/c1-2-3-8(15)9-13-10(16-14-9)7-4-11-6-12-5-7/h4-6,8,15H,2-3H2,1H3. The minimum Gasteiger partial charge on any atom is -0.385 e. The van der Waals surface area contributed by atoms with Gasteiger partial charge in [-0.1, -0.05) is 18.5 Å². The molecule has 2 aromatic rings. The Morgan fingerprint density at radius 1 is 1.38 bits per heavy atom. The van der Waals surface area contributed by atoms with Gasteiger partial charge in [-0.15, -0.1) is 0 Å². The fourth-order valence-electron chi connectivity index (χ4n) is 1.30. The maximum Gasteiger partial charge on any atom is 0.261 e. The molecule has 0 spiro atoms. The van der Waals surface area contributed by atoms with Crippen molar-refractivity contribution >= 4 is 0 Å². The van der Waals surface area contributed by atoms with Crippen molar-refractivity contribution in [3.8, 4) is 11.5 Å². The number of aliphatic hydroxyl groups excluding tert-OH is 1. The van der Waals surface area contributed by atoms with Gasteiger partial charge >= 0.3 is 0 Å². The van der Waals surface area contributed by atoms with Crippen molar-refractivity contribution in [2.24, 2.45) is 0 Å². The molecule has 84 valence electrons. The molecule has 1 N–H and O–H groups in total. The van der Waals surface area contributed by atoms with Crippen LogP contribution in [0.5, 0.6) is 0 Å². The summed E-state index contributed by atoms with van der Waals surface area (Å²) in [6.07, 6.45) is 5.39. The molecule has 2 rings (SSSR count). The molecule has 0 fully saturated rings. The minimum atomic E-state index is -0.674. The van der Waals surface area contributed by atoms with Crippen molar-refractivity contribution in [2.75, 3.05) is 0 Å². The normalized spacial score (nSPS) is 12.6. The molecule has 1 unspecified atom stereocenters. The maximum atomic E-state index is 9.66. The second-order valence-electron chi connectivity index (χ2n) is 3.39. The first kappa shape index (κ1) is 10.7. The molecule has 0 aliphatic carbocycles. The quantitative estimate of drug-likeness (QED) is 0.837. The van der Waals surface area contributed by atoms with Gasteiger partial charge in [-0.25, -0.2) is 9.97 Å². The molecule has 2 aromatic heterocycles. The Kier molecular flexibility index (Phi) is 3.21. The van der Waals surface area contributed by atoms with Gasteiger partial charge in [-0.05, 0) is 6.42 Å². The number of rotatable bonds is 4. The predicted octanol–water partition coefficient (Wildman–Crippen LogP) is 1.36. The third kappa shape index (κ3) is 2.22. The van der Waals surface area contributed by atoms with E-state index in [-0.39, 0.29) is 0 Å². The van der Waals surface area contributed by atoms with Crippen molar-refractivity contribution in [3.05, 3.63) is 24.5 Å². The molecule has 0 saturated heterocycles. The highest BCUT2D eigenvalue weighted by molar-refractivity contribution is 5.48. The summed E-state index contributed by atoms with van der Waals surface area (Å²) >= 11 is 0. The number of nitrogens with zero attached hydrogens (tertiary/aromatic N) is 4. The molecule has 6 nitrogen and oxygen atoms in total. The lowest BCUT2D eigenvalue weighted by atomic mass is 10.2. The van der Waals surface area contributed by atoms with Crippen LogP contribution in [0.2, 0.25) is 0 Å². The SMILES string of the molecule is CCCC(O)c1noc(-c2cncnc2)n1. The van der Waals surface area contributed by atoms with Crippen LogP contribution in [0.4, 0.5) is 0 Å². The zero-order chi connectivity index (χ0) is 11.4. The van der Waals surface area contributed by atoms with Gasteiger partial charge in [0.15, 0.2) is 0 Å². The van der Waals surface area contributed by atoms with Gasteiger partial charge in [-0.2, -0.15) is 4.98 Å². The lowest BCUT2D eigenvalue weighted by molar-refractivity contribution is 0.153. The van der Waals surface area contributed by atoms with Crippen molar-refractivity contribution in [2.45, 2.75) is 25.9 Å². The van der Waals surface area contributed by atoms with Crippen LogP contribution in [0.3, 0.4) is 0 Å². The van der Waals surface area contributed by atoms with Crippen molar-refractivity contribution in [3.63, 3.8) is 0 Å². The molecular weight excluding hydrogens is 208 g/mol. The zero-order valence-electron chi connectivity index (χ0n) is 8.87. The number of aliphatic hydroxyl groups is 1. The summed E-state index contributed by atoms with van der Waals surface area (Å²) < 4.78 is 5.02. The number of hydrogen-bond acceptors (Lipinski definition) is 6. The van der Waals surface area contributed by atoms with Gasteiger partial charge in [-0.3, -0.25) is 0 Å². The van der Waals surface area contributed by atoms with Crippen LogP contribution in [0.25, 0.3) is 11.5 Å². The van der Waals surface area contributed by atoms with Gasteiger partial charge in [0.05, 0.1) is 5.56 Å². The highest BCUT2D eigenvalue weighted by Gasteiger charge is 2.15. The third-order valence-corrected chi connectivity index (χ3v) is 2.11. The van der Waals surface area contributed by atoms with E-state index in [9.17, 15) is 5.11 Å². The van der Waals surface area contributed by atoms with Crippen LogP contribution in [0.1, 0.15) is 31.7 Å². The van der Waals surface area contributed by atoms with Gasteiger partial charge in [0, 0.05) is 12.4 Å². The highest BCUT2D eigenvalue weighted by Crippen LogP contribution is 2.19. The lowest BCUT2D eigenvalue weighted by Crippen LogP contribution is -1.98. The minimum absolute atomic E-state index is 0.306. The maximum absolute atomic E-state index is 9.66. The van der Waals surface area contributed by atoms with E-state index >= 15 is 0 Å². The largest absolute Gasteiger partial charge is 0.385 e. The summed E-state index contributed by atoms with van der Waals surface area (Å²) in [7, 11) is 0. The summed E-state index contributed by atoms with van der Waals surface area (Å²) in [4.78, 5) is 11.8. The summed E-state index contributed by atoms with van der Waals surface area (Å²) in [6.45, 7) is 1.98. The number of aromatic nitrogens is 4. The van der Waals surface area contributed by atoms with E-state index in [1.54, 1.807) is 12.4 Å². The van der Waals surface area contributed by atoms with Crippen molar-refractivity contribution < 1.29 is 9.63 Å². The average molecular weight is 220 g/mol. The molecule has 0 radical (unpaired) electrons. The monoisotopic (exact) mass is 220 g/mol. The Bertz CT molecular complexity index is 443. The highest BCUT2D eigenvalue weighted by atomic mass is 16.5. The molecule has 0 amide bonds. The molecule has 2 heterocycles. The first-order valence-corrected chi connectivity index (χ1v) is 5.08. The van der Waals surface area contributed by atoms with E-state index in [1.807, 2.05) is 6.92 Å². The molecule has 16 heavy (non-hydrogen) atoms. The van der Waals surface area contributed by atoms with Crippen molar-refractivity contribution in [1.29, 1.82) is 0 Å². The molecule has 0 aliphatic rings. The molecule has 0 saturated carbocycles. The van der Waals surface area contributed by atoms with Crippen LogP contribution >= 0.6 is 0 Å². The Morgan fingerprint density at radius 3 is 2.81 bits per heavy atom. The lowest BCUT2D eigenvalue weighted by Gasteiger charge is -2.01. The van der Waals surface area contributed by atoms with Gasteiger partial charge in [0.1, 0.15) is 12.4 Å². The smallest absolute Gasteiger partial charge is 0.261 e. The van der Waals surface area contributed by atoms with Crippen molar-refractivity contribution in [1.82, 2.24) is 20.1 Å². The van der Waals surface area contributed by atoms with Gasteiger partial charge in [0.25, 0.3) is 5.89 Å².